The third-order valence-electron chi connectivity index (χ3n) is 4.67. The van der Waals surface area contributed by atoms with Crippen LogP contribution in [0, 0.1) is 11.8 Å². The molecule has 0 aliphatic heterocycles. The average molecular weight is 474 g/mol. The zero-order valence-corrected chi connectivity index (χ0v) is 19.0. The Morgan fingerprint density at radius 3 is 2.77 bits per heavy atom. The molecule has 5 nitrogen and oxygen atoms in total. The lowest BCUT2D eigenvalue weighted by Crippen LogP contribution is -2.41. The van der Waals surface area contributed by atoms with Gasteiger partial charge in [0, 0.05) is 51.6 Å². The summed E-state index contributed by atoms with van der Waals surface area (Å²) in [7, 11) is 2.08. The second kappa shape index (κ2) is 12.5. The summed E-state index contributed by atoms with van der Waals surface area (Å²) in [4.78, 5) is 11.3. The van der Waals surface area contributed by atoms with Crippen molar-refractivity contribution in [2.45, 2.75) is 39.5 Å². The molecule has 0 spiro atoms. The monoisotopic (exact) mass is 474 g/mol. The molecule has 2 rings (SSSR count). The van der Waals surface area contributed by atoms with E-state index < -0.39 is 0 Å². The van der Waals surface area contributed by atoms with Crippen molar-refractivity contribution in [1.82, 2.24) is 15.2 Å². The van der Waals surface area contributed by atoms with Crippen LogP contribution in [0.4, 0.5) is 0 Å². The van der Waals surface area contributed by atoms with E-state index in [2.05, 4.69) is 49.1 Å². The minimum Gasteiger partial charge on any atom is -0.379 e. The first-order valence-corrected chi connectivity index (χ1v) is 9.59. The van der Waals surface area contributed by atoms with E-state index >= 15 is 0 Å². The topological polar surface area (TPSA) is 49.8 Å². The van der Waals surface area contributed by atoms with E-state index in [4.69, 9.17) is 9.73 Å². The summed E-state index contributed by atoms with van der Waals surface area (Å²) >= 11 is 0. The number of pyridine rings is 1. The Morgan fingerprint density at radius 1 is 1.42 bits per heavy atom. The molecule has 6 heteroatoms. The van der Waals surface area contributed by atoms with Gasteiger partial charge in [0.15, 0.2) is 5.96 Å². The van der Waals surface area contributed by atoms with Crippen LogP contribution in [-0.2, 0) is 4.74 Å². The van der Waals surface area contributed by atoms with Gasteiger partial charge in [0.2, 0.25) is 0 Å². The fourth-order valence-electron chi connectivity index (χ4n) is 2.79. The summed E-state index contributed by atoms with van der Waals surface area (Å²) in [5, 5.41) is 3.39. The van der Waals surface area contributed by atoms with Crippen molar-refractivity contribution in [1.29, 1.82) is 0 Å². The van der Waals surface area contributed by atoms with Gasteiger partial charge in [-0.3, -0.25) is 9.98 Å². The lowest BCUT2D eigenvalue weighted by Gasteiger charge is -2.24. The van der Waals surface area contributed by atoms with Crippen LogP contribution in [0.25, 0.3) is 0 Å². The fourth-order valence-corrected chi connectivity index (χ4v) is 2.79. The zero-order chi connectivity index (χ0) is 18.1. The number of guanidine groups is 1. The second-order valence-electron chi connectivity index (χ2n) is 7.27. The highest BCUT2D eigenvalue weighted by atomic mass is 127. The van der Waals surface area contributed by atoms with Gasteiger partial charge in [-0.05, 0) is 43.2 Å². The molecule has 1 unspecified atom stereocenters. The smallest absolute Gasteiger partial charge is 0.193 e. The normalized spacial score (nSPS) is 15.5. The molecule has 0 amide bonds. The maximum atomic E-state index is 5.76. The van der Waals surface area contributed by atoms with E-state index in [0.29, 0.717) is 11.8 Å². The number of ether oxygens (including phenoxy) is 1. The standard InChI is InChI=1S/C20H34N4O.HI/c1-5-22-20(24(4)11-12-25-15-17-8-9-17)23-14-19(16(2)3)18-7-6-10-21-13-18;/h6-7,10,13,16-17,19H,5,8-9,11-12,14-15H2,1-4H3,(H,22,23);1H. The number of aromatic nitrogens is 1. The van der Waals surface area contributed by atoms with Crippen LogP contribution < -0.4 is 5.32 Å². The molecule has 1 atom stereocenters. The van der Waals surface area contributed by atoms with E-state index in [0.717, 1.165) is 44.7 Å². The summed E-state index contributed by atoms with van der Waals surface area (Å²) in [6.45, 7) is 10.8. The Morgan fingerprint density at radius 2 is 2.19 bits per heavy atom. The lowest BCUT2D eigenvalue weighted by molar-refractivity contribution is 0.115. The summed E-state index contributed by atoms with van der Waals surface area (Å²) in [6, 6.07) is 4.15. The Bertz CT molecular complexity index is 520. The van der Waals surface area contributed by atoms with E-state index in [9.17, 15) is 0 Å². The molecule has 26 heavy (non-hydrogen) atoms. The number of hydrogen-bond donors (Lipinski definition) is 1. The number of hydrogen-bond acceptors (Lipinski definition) is 3. The molecule has 1 aromatic heterocycles. The van der Waals surface area contributed by atoms with Crippen LogP contribution in [0.5, 0.6) is 0 Å². The summed E-state index contributed by atoms with van der Waals surface area (Å²) in [5.41, 5.74) is 1.26. The van der Waals surface area contributed by atoms with Crippen molar-refractivity contribution < 1.29 is 4.74 Å². The molecule has 1 aromatic rings. The van der Waals surface area contributed by atoms with Gasteiger partial charge >= 0.3 is 0 Å². The third-order valence-corrected chi connectivity index (χ3v) is 4.67. The van der Waals surface area contributed by atoms with Gasteiger partial charge in [-0.25, -0.2) is 0 Å². The molecule has 0 radical (unpaired) electrons. The lowest BCUT2D eigenvalue weighted by atomic mass is 9.89. The third kappa shape index (κ3) is 8.20. The first kappa shape index (κ1) is 23.1. The van der Waals surface area contributed by atoms with Crippen LogP contribution in [0.3, 0.4) is 0 Å². The molecular formula is C20H35IN4O. The Balaban J connectivity index is 0.00000338. The van der Waals surface area contributed by atoms with Crippen LogP contribution in [0.15, 0.2) is 29.5 Å². The van der Waals surface area contributed by atoms with E-state index in [1.54, 1.807) is 0 Å². The maximum Gasteiger partial charge on any atom is 0.193 e. The molecule has 0 aromatic carbocycles. The van der Waals surface area contributed by atoms with Crippen molar-refractivity contribution in [3.05, 3.63) is 30.1 Å². The number of halogens is 1. The highest BCUT2D eigenvalue weighted by molar-refractivity contribution is 14.0. The molecule has 1 fully saturated rings. The Labute approximate surface area is 176 Å². The molecule has 1 saturated carbocycles. The van der Waals surface area contributed by atoms with Crippen LogP contribution in [-0.4, -0.2) is 55.7 Å². The van der Waals surface area contributed by atoms with Crippen molar-refractivity contribution in [2.75, 3.05) is 39.9 Å². The first-order chi connectivity index (χ1) is 12.1. The molecule has 1 N–H and O–H groups in total. The number of aliphatic imine (C=N–C) groups is 1. The first-order valence-electron chi connectivity index (χ1n) is 9.59. The van der Waals surface area contributed by atoms with Gasteiger partial charge in [-0.15, -0.1) is 24.0 Å². The van der Waals surface area contributed by atoms with Gasteiger partial charge in [-0.1, -0.05) is 19.9 Å². The maximum absolute atomic E-state index is 5.76. The number of rotatable bonds is 10. The molecular weight excluding hydrogens is 439 g/mol. The van der Waals surface area contributed by atoms with Crippen LogP contribution in [0.1, 0.15) is 45.1 Å². The fraction of sp³-hybridized carbons (Fsp3) is 0.700. The summed E-state index contributed by atoms with van der Waals surface area (Å²) < 4.78 is 5.76. The van der Waals surface area contributed by atoms with Crippen molar-refractivity contribution in [3.8, 4) is 0 Å². The molecule has 1 heterocycles. The largest absolute Gasteiger partial charge is 0.379 e. The van der Waals surface area contributed by atoms with Gasteiger partial charge in [0.1, 0.15) is 0 Å². The molecule has 1 aliphatic rings. The molecule has 0 bridgehead atoms. The van der Waals surface area contributed by atoms with E-state index in [-0.39, 0.29) is 24.0 Å². The van der Waals surface area contributed by atoms with Crippen LogP contribution in [0.2, 0.25) is 0 Å². The highest BCUT2D eigenvalue weighted by Crippen LogP contribution is 2.28. The second-order valence-corrected chi connectivity index (χ2v) is 7.27. The quantitative estimate of drug-likeness (QED) is 0.243. The number of nitrogens with zero attached hydrogens (tertiary/aromatic N) is 3. The Kier molecular flexibility index (Phi) is 11.1. The minimum absolute atomic E-state index is 0. The van der Waals surface area contributed by atoms with Gasteiger partial charge in [0.05, 0.1) is 6.61 Å². The summed E-state index contributed by atoms with van der Waals surface area (Å²) in [6.07, 6.45) is 6.46. The predicted molar refractivity (Wildman–Crippen MR) is 119 cm³/mol. The van der Waals surface area contributed by atoms with E-state index in [1.165, 1.54) is 18.4 Å². The van der Waals surface area contributed by atoms with Gasteiger partial charge in [-0.2, -0.15) is 0 Å². The van der Waals surface area contributed by atoms with E-state index in [1.807, 2.05) is 18.5 Å². The molecule has 0 saturated heterocycles. The van der Waals surface area contributed by atoms with Crippen LogP contribution >= 0.6 is 24.0 Å². The van der Waals surface area contributed by atoms with Crippen molar-refractivity contribution in [3.63, 3.8) is 0 Å². The SMILES string of the molecule is CCNC(=NCC(c1cccnc1)C(C)C)N(C)CCOCC1CC1.I. The van der Waals surface area contributed by atoms with Crippen molar-refractivity contribution >= 4 is 29.9 Å². The predicted octanol–water partition coefficient (Wildman–Crippen LogP) is 3.76. The number of likely N-dealkylation sites (N-methyl/N-ethyl adjacent to an activating group) is 1. The average Bonchev–Trinajstić information content (AvgIpc) is 3.43. The minimum atomic E-state index is 0. The number of nitrogens with one attached hydrogen (secondary N) is 1. The molecule has 1 aliphatic carbocycles. The molecule has 148 valence electrons. The Hall–Kier alpha value is -0.890. The van der Waals surface area contributed by atoms with Crippen molar-refractivity contribution in [2.24, 2.45) is 16.8 Å². The van der Waals surface area contributed by atoms with Gasteiger partial charge < -0.3 is 15.0 Å². The van der Waals surface area contributed by atoms with Gasteiger partial charge in [0.25, 0.3) is 0 Å². The summed E-state index contributed by atoms with van der Waals surface area (Å²) in [5.74, 6) is 2.66. The zero-order valence-electron chi connectivity index (χ0n) is 16.6. The highest BCUT2D eigenvalue weighted by Gasteiger charge is 2.21.